The van der Waals surface area contributed by atoms with E-state index in [9.17, 15) is 8.78 Å². The zero-order chi connectivity index (χ0) is 10.1. The molecule has 0 amide bonds. The Morgan fingerprint density at radius 2 is 1.79 bits per heavy atom. The molecule has 1 saturated carbocycles. The van der Waals surface area contributed by atoms with E-state index in [0.29, 0.717) is 0 Å². The molecule has 1 atom stereocenters. The monoisotopic (exact) mass is 197 g/mol. The van der Waals surface area contributed by atoms with E-state index in [0.717, 1.165) is 19.3 Å². The van der Waals surface area contributed by atoms with E-state index in [1.807, 2.05) is 0 Å². The summed E-state index contributed by atoms with van der Waals surface area (Å²) >= 11 is 0. The molecular weight excluding hydrogens is 184 g/mol. The summed E-state index contributed by atoms with van der Waals surface area (Å²) in [6, 6.07) is 3.40. The quantitative estimate of drug-likeness (QED) is 0.775. The smallest absolute Gasteiger partial charge is 0.130 e. The Kier molecular flexibility index (Phi) is 2.50. The van der Waals surface area contributed by atoms with Crippen molar-refractivity contribution in [2.75, 3.05) is 0 Å². The van der Waals surface area contributed by atoms with Crippen LogP contribution in [0, 0.1) is 17.6 Å². The third-order valence-electron chi connectivity index (χ3n) is 2.99. The average Bonchev–Trinajstić information content (AvgIpc) is 2.00. The Hall–Kier alpha value is -0.960. The Bertz CT molecular complexity index is 314. The molecule has 0 unspecified atom stereocenters. The summed E-state index contributed by atoms with van der Waals surface area (Å²) in [4.78, 5) is 0. The number of nitrogens with two attached hydrogens (primary N) is 1. The van der Waals surface area contributed by atoms with Crippen LogP contribution in [0.15, 0.2) is 18.2 Å². The minimum Gasteiger partial charge on any atom is -0.324 e. The second-order valence-corrected chi connectivity index (χ2v) is 3.85. The van der Waals surface area contributed by atoms with Gasteiger partial charge in [0.25, 0.3) is 0 Å². The molecule has 1 aliphatic carbocycles. The summed E-state index contributed by atoms with van der Waals surface area (Å²) < 4.78 is 26.6. The maximum Gasteiger partial charge on any atom is 0.130 e. The molecule has 1 aliphatic rings. The third kappa shape index (κ3) is 1.52. The van der Waals surface area contributed by atoms with E-state index in [1.54, 1.807) is 0 Å². The van der Waals surface area contributed by atoms with Gasteiger partial charge in [0.15, 0.2) is 0 Å². The van der Waals surface area contributed by atoms with Crippen LogP contribution < -0.4 is 5.73 Å². The van der Waals surface area contributed by atoms with Gasteiger partial charge >= 0.3 is 0 Å². The lowest BCUT2D eigenvalue weighted by Crippen LogP contribution is -2.28. The van der Waals surface area contributed by atoms with Crippen LogP contribution in [0.25, 0.3) is 0 Å². The zero-order valence-corrected chi connectivity index (χ0v) is 7.84. The normalized spacial score (nSPS) is 19.1. The number of hydrogen-bond donors (Lipinski definition) is 1. The molecule has 0 heterocycles. The summed E-state index contributed by atoms with van der Waals surface area (Å²) in [5.41, 5.74) is 5.87. The SMILES string of the molecule is N[C@H](c1c(F)cccc1F)C1CCC1. The minimum absolute atomic E-state index is 0.0530. The number of hydrogen-bond acceptors (Lipinski definition) is 1. The van der Waals surface area contributed by atoms with Gasteiger partial charge in [-0.15, -0.1) is 0 Å². The fraction of sp³-hybridized carbons (Fsp3) is 0.455. The van der Waals surface area contributed by atoms with E-state index in [4.69, 9.17) is 5.73 Å². The predicted octanol–water partition coefficient (Wildman–Crippen LogP) is 2.76. The van der Waals surface area contributed by atoms with E-state index in [2.05, 4.69) is 0 Å². The molecule has 1 fully saturated rings. The summed E-state index contributed by atoms with van der Waals surface area (Å²) in [5.74, 6) is -0.796. The van der Waals surface area contributed by atoms with Crippen molar-refractivity contribution in [1.29, 1.82) is 0 Å². The second-order valence-electron chi connectivity index (χ2n) is 3.85. The highest BCUT2D eigenvalue weighted by Gasteiger charge is 2.29. The first-order valence-corrected chi connectivity index (χ1v) is 4.89. The maximum absolute atomic E-state index is 13.3. The molecule has 1 aromatic carbocycles. The van der Waals surface area contributed by atoms with Crippen LogP contribution in [0.3, 0.4) is 0 Å². The fourth-order valence-corrected chi connectivity index (χ4v) is 1.86. The number of halogens is 2. The van der Waals surface area contributed by atoms with Crippen LogP contribution in [0.2, 0.25) is 0 Å². The second kappa shape index (κ2) is 3.65. The van der Waals surface area contributed by atoms with E-state index < -0.39 is 17.7 Å². The van der Waals surface area contributed by atoms with Crippen molar-refractivity contribution < 1.29 is 8.78 Å². The predicted molar refractivity (Wildman–Crippen MR) is 50.6 cm³/mol. The van der Waals surface area contributed by atoms with Crippen molar-refractivity contribution >= 4 is 0 Å². The molecule has 1 aromatic rings. The average molecular weight is 197 g/mol. The van der Waals surface area contributed by atoms with Crippen molar-refractivity contribution in [3.8, 4) is 0 Å². The van der Waals surface area contributed by atoms with E-state index in [-0.39, 0.29) is 11.5 Å². The lowest BCUT2D eigenvalue weighted by atomic mass is 9.77. The van der Waals surface area contributed by atoms with Gasteiger partial charge in [0.2, 0.25) is 0 Å². The first kappa shape index (κ1) is 9.59. The highest BCUT2D eigenvalue weighted by atomic mass is 19.1. The van der Waals surface area contributed by atoms with Gasteiger partial charge in [-0.1, -0.05) is 12.5 Å². The number of benzene rings is 1. The highest BCUT2D eigenvalue weighted by molar-refractivity contribution is 5.24. The molecule has 2 rings (SSSR count). The van der Waals surface area contributed by atoms with Crippen LogP contribution in [-0.2, 0) is 0 Å². The summed E-state index contributed by atoms with van der Waals surface area (Å²) in [7, 11) is 0. The minimum atomic E-state index is -0.524. The van der Waals surface area contributed by atoms with Crippen molar-refractivity contribution in [3.63, 3.8) is 0 Å². The molecule has 0 aliphatic heterocycles. The fourth-order valence-electron chi connectivity index (χ4n) is 1.86. The van der Waals surface area contributed by atoms with Crippen molar-refractivity contribution in [2.24, 2.45) is 11.7 Å². The lowest BCUT2D eigenvalue weighted by molar-refractivity contribution is 0.256. The molecule has 14 heavy (non-hydrogen) atoms. The molecule has 3 heteroatoms. The standard InChI is InChI=1S/C11H13F2N/c12-8-5-2-6-9(13)10(8)11(14)7-3-1-4-7/h2,5-7,11H,1,3-4,14H2/t11-/m0/s1. The topological polar surface area (TPSA) is 26.0 Å². The first-order chi connectivity index (χ1) is 6.70. The Balaban J connectivity index is 2.29. The van der Waals surface area contributed by atoms with Crippen LogP contribution in [0.1, 0.15) is 30.9 Å². The zero-order valence-electron chi connectivity index (χ0n) is 7.84. The van der Waals surface area contributed by atoms with Gasteiger partial charge in [0.1, 0.15) is 11.6 Å². The van der Waals surface area contributed by atoms with Crippen LogP contribution in [0.4, 0.5) is 8.78 Å². The lowest BCUT2D eigenvalue weighted by Gasteiger charge is -2.31. The third-order valence-corrected chi connectivity index (χ3v) is 2.99. The van der Waals surface area contributed by atoms with Gasteiger partial charge in [-0.2, -0.15) is 0 Å². The first-order valence-electron chi connectivity index (χ1n) is 4.89. The van der Waals surface area contributed by atoms with Crippen molar-refractivity contribution in [3.05, 3.63) is 35.4 Å². The Morgan fingerprint density at radius 1 is 1.21 bits per heavy atom. The summed E-state index contributed by atoms with van der Waals surface area (Å²) in [6.45, 7) is 0. The molecule has 2 N–H and O–H groups in total. The largest absolute Gasteiger partial charge is 0.324 e. The molecular formula is C11H13F2N. The van der Waals surface area contributed by atoms with Crippen molar-refractivity contribution in [2.45, 2.75) is 25.3 Å². The van der Waals surface area contributed by atoms with Gasteiger partial charge in [-0.05, 0) is 30.9 Å². The maximum atomic E-state index is 13.3. The van der Waals surface area contributed by atoms with Crippen molar-refractivity contribution in [1.82, 2.24) is 0 Å². The molecule has 1 nitrogen and oxygen atoms in total. The van der Waals surface area contributed by atoms with Gasteiger partial charge in [-0.3, -0.25) is 0 Å². The molecule has 0 spiro atoms. The van der Waals surface area contributed by atoms with E-state index >= 15 is 0 Å². The van der Waals surface area contributed by atoms with Gasteiger partial charge in [-0.25, -0.2) is 8.78 Å². The van der Waals surface area contributed by atoms with Crippen LogP contribution in [-0.4, -0.2) is 0 Å². The summed E-state index contributed by atoms with van der Waals surface area (Å²) in [6.07, 6.45) is 3.08. The Labute approximate surface area is 81.9 Å². The Morgan fingerprint density at radius 3 is 2.21 bits per heavy atom. The summed E-state index contributed by atoms with van der Waals surface area (Å²) in [5, 5.41) is 0. The number of rotatable bonds is 2. The van der Waals surface area contributed by atoms with Gasteiger partial charge < -0.3 is 5.73 Å². The highest BCUT2D eigenvalue weighted by Crippen LogP contribution is 2.37. The molecule has 0 aromatic heterocycles. The molecule has 76 valence electrons. The van der Waals surface area contributed by atoms with Crippen LogP contribution in [0.5, 0.6) is 0 Å². The van der Waals surface area contributed by atoms with E-state index in [1.165, 1.54) is 18.2 Å². The van der Waals surface area contributed by atoms with Gasteiger partial charge in [0.05, 0.1) is 0 Å². The molecule has 0 bridgehead atoms. The molecule has 0 radical (unpaired) electrons. The van der Waals surface area contributed by atoms with Crippen LogP contribution >= 0.6 is 0 Å². The molecule has 0 saturated heterocycles. The van der Waals surface area contributed by atoms with Gasteiger partial charge in [0, 0.05) is 11.6 Å².